The molecule has 0 spiro atoms. The maximum atomic E-state index is 12.7. The van der Waals surface area contributed by atoms with E-state index in [-0.39, 0.29) is 6.61 Å². The molecule has 0 aliphatic carbocycles. The number of rotatable bonds is 4. The molecule has 0 bridgehead atoms. The largest absolute Gasteiger partial charge is 0.480 e. The van der Waals surface area contributed by atoms with Crippen LogP contribution in [0.25, 0.3) is 31.8 Å². The maximum Gasteiger partial charge on any atom is 0.417 e. The molecule has 0 radical (unpaired) electrons. The van der Waals surface area contributed by atoms with Crippen LogP contribution in [0.5, 0.6) is 17.4 Å². The van der Waals surface area contributed by atoms with Crippen molar-refractivity contribution in [2.45, 2.75) is 27.1 Å². The van der Waals surface area contributed by atoms with E-state index in [4.69, 9.17) is 23.9 Å². The molecule has 1 amide bonds. The number of aryl methyl sites for hydroxylation is 3. The van der Waals surface area contributed by atoms with Crippen LogP contribution in [0.4, 0.5) is 10.5 Å². The van der Waals surface area contributed by atoms with Gasteiger partial charge in [-0.3, -0.25) is 9.88 Å². The van der Waals surface area contributed by atoms with Crippen LogP contribution >= 0.6 is 11.3 Å². The molecule has 0 fully saturated rings. The van der Waals surface area contributed by atoms with Crippen molar-refractivity contribution < 1.29 is 23.7 Å². The van der Waals surface area contributed by atoms with Gasteiger partial charge in [-0.2, -0.15) is 0 Å². The van der Waals surface area contributed by atoms with E-state index in [1.165, 1.54) is 16.2 Å². The van der Waals surface area contributed by atoms with Gasteiger partial charge in [-0.1, -0.05) is 0 Å². The van der Waals surface area contributed by atoms with E-state index in [9.17, 15) is 4.79 Å². The Balaban J connectivity index is 1.30. The van der Waals surface area contributed by atoms with Crippen LogP contribution < -0.4 is 19.1 Å². The highest BCUT2D eigenvalue weighted by Crippen LogP contribution is 2.46. The van der Waals surface area contributed by atoms with Crippen molar-refractivity contribution in [3.8, 4) is 28.0 Å². The summed E-state index contributed by atoms with van der Waals surface area (Å²) in [7, 11) is 3.19. The third-order valence-electron chi connectivity index (χ3n) is 6.40. The van der Waals surface area contributed by atoms with Gasteiger partial charge in [0, 0.05) is 18.3 Å². The minimum Gasteiger partial charge on any atom is -0.480 e. The number of thiazole rings is 1. The number of hydrogen-bond acceptors (Lipinski definition) is 10. The molecule has 1 aliphatic heterocycles. The molecule has 0 saturated carbocycles. The number of anilines is 1. The second kappa shape index (κ2) is 9.66. The van der Waals surface area contributed by atoms with Gasteiger partial charge in [-0.15, -0.1) is 11.3 Å². The first-order valence-electron chi connectivity index (χ1n) is 12.2. The van der Waals surface area contributed by atoms with Gasteiger partial charge in [-0.25, -0.2) is 19.7 Å². The highest BCUT2D eigenvalue weighted by Gasteiger charge is 2.30. The lowest BCUT2D eigenvalue weighted by atomic mass is 10.1. The zero-order valence-corrected chi connectivity index (χ0v) is 22.8. The Labute approximate surface area is 228 Å². The summed E-state index contributed by atoms with van der Waals surface area (Å²) >= 11 is 1.49. The second-order valence-corrected chi connectivity index (χ2v) is 10.3. The van der Waals surface area contributed by atoms with Crippen LogP contribution in [-0.2, 0) is 4.74 Å². The van der Waals surface area contributed by atoms with Gasteiger partial charge in [-0.05, 0) is 62.2 Å². The molecule has 1 aliphatic rings. The van der Waals surface area contributed by atoms with Crippen molar-refractivity contribution in [3.05, 3.63) is 59.5 Å². The zero-order chi connectivity index (χ0) is 27.3. The smallest absolute Gasteiger partial charge is 0.417 e. The van der Waals surface area contributed by atoms with E-state index in [0.29, 0.717) is 23.1 Å². The van der Waals surface area contributed by atoms with Crippen molar-refractivity contribution in [2.75, 3.05) is 25.7 Å². The number of carbonyl (C=O) groups excluding carboxylic acids is 1. The molecular formula is C28H25N5O5S. The first-order chi connectivity index (χ1) is 18.8. The SMILES string of the molecule is COc1cnc2c(-c3nc4c(C)cc5c(c4s3)OC[C@@H](OC(=O)N(C)c3ccc(C)nc3)O5)cc(C)cc2n1. The van der Waals surface area contributed by atoms with Crippen LogP contribution in [0.1, 0.15) is 16.8 Å². The fraction of sp³-hybridized carbons (Fsp3) is 0.250. The summed E-state index contributed by atoms with van der Waals surface area (Å²) in [6.07, 6.45) is 1.75. The van der Waals surface area contributed by atoms with Gasteiger partial charge in [0.1, 0.15) is 9.71 Å². The summed E-state index contributed by atoms with van der Waals surface area (Å²) in [5.41, 5.74) is 6.59. The van der Waals surface area contributed by atoms with Crippen molar-refractivity contribution in [2.24, 2.45) is 0 Å². The van der Waals surface area contributed by atoms with Crippen molar-refractivity contribution in [1.82, 2.24) is 19.9 Å². The molecule has 39 heavy (non-hydrogen) atoms. The Kier molecular flexibility index (Phi) is 6.15. The van der Waals surface area contributed by atoms with E-state index >= 15 is 0 Å². The summed E-state index contributed by atoms with van der Waals surface area (Å²) in [6, 6.07) is 9.51. The number of nitrogens with zero attached hydrogens (tertiary/aromatic N) is 5. The van der Waals surface area contributed by atoms with Crippen LogP contribution in [0.15, 0.2) is 42.7 Å². The minimum atomic E-state index is -0.902. The van der Waals surface area contributed by atoms with E-state index in [2.05, 4.69) is 21.0 Å². The van der Waals surface area contributed by atoms with Crippen molar-refractivity contribution >= 4 is 44.4 Å². The molecule has 5 aromatic rings. The summed E-state index contributed by atoms with van der Waals surface area (Å²) in [5.74, 6) is 1.53. The lowest BCUT2D eigenvalue weighted by molar-refractivity contribution is -0.0718. The van der Waals surface area contributed by atoms with Gasteiger partial charge in [0.15, 0.2) is 18.1 Å². The van der Waals surface area contributed by atoms with E-state index in [1.54, 1.807) is 32.6 Å². The number of fused-ring (bicyclic) bond motifs is 4. The number of ether oxygens (including phenoxy) is 4. The Morgan fingerprint density at radius 1 is 1.08 bits per heavy atom. The van der Waals surface area contributed by atoms with Crippen LogP contribution in [0, 0.1) is 20.8 Å². The molecule has 0 unspecified atom stereocenters. The first kappa shape index (κ1) is 24.8. The molecule has 6 rings (SSSR count). The van der Waals surface area contributed by atoms with Gasteiger partial charge in [0.25, 0.3) is 6.29 Å². The highest BCUT2D eigenvalue weighted by molar-refractivity contribution is 7.22. The van der Waals surface area contributed by atoms with Gasteiger partial charge < -0.3 is 18.9 Å². The van der Waals surface area contributed by atoms with E-state index in [0.717, 1.165) is 48.6 Å². The average Bonchev–Trinajstić information content (AvgIpc) is 3.38. The maximum absolute atomic E-state index is 12.7. The second-order valence-electron chi connectivity index (χ2n) is 9.27. The van der Waals surface area contributed by atoms with Crippen molar-refractivity contribution in [3.63, 3.8) is 0 Å². The number of amides is 1. The Hall–Kier alpha value is -4.51. The van der Waals surface area contributed by atoms with Gasteiger partial charge in [0.2, 0.25) is 5.88 Å². The van der Waals surface area contributed by atoms with E-state index < -0.39 is 12.4 Å². The fourth-order valence-corrected chi connectivity index (χ4v) is 5.52. The molecule has 0 N–H and O–H groups in total. The minimum absolute atomic E-state index is 0.0444. The molecular weight excluding hydrogens is 518 g/mol. The molecule has 1 atom stereocenters. The summed E-state index contributed by atoms with van der Waals surface area (Å²) < 4.78 is 23.8. The summed E-state index contributed by atoms with van der Waals surface area (Å²) in [5, 5.41) is 0.792. The predicted octanol–water partition coefficient (Wildman–Crippen LogP) is 5.61. The summed E-state index contributed by atoms with van der Waals surface area (Å²) in [4.78, 5) is 32.4. The molecule has 11 heteroatoms. The van der Waals surface area contributed by atoms with Crippen LogP contribution in [-0.4, -0.2) is 53.1 Å². The number of carbonyl (C=O) groups is 1. The normalized spacial score (nSPS) is 14.4. The first-order valence-corrected chi connectivity index (χ1v) is 13.0. The number of hydrogen-bond donors (Lipinski definition) is 0. The average molecular weight is 544 g/mol. The third kappa shape index (κ3) is 4.54. The number of methoxy groups -OCH3 is 1. The highest BCUT2D eigenvalue weighted by atomic mass is 32.1. The van der Waals surface area contributed by atoms with Gasteiger partial charge >= 0.3 is 6.09 Å². The van der Waals surface area contributed by atoms with E-state index in [1.807, 2.05) is 39.0 Å². The molecule has 4 heterocycles. The molecule has 3 aromatic heterocycles. The van der Waals surface area contributed by atoms with Crippen molar-refractivity contribution in [1.29, 1.82) is 0 Å². The fourth-order valence-electron chi connectivity index (χ4n) is 4.37. The molecule has 0 saturated heterocycles. The van der Waals surface area contributed by atoms with Crippen LogP contribution in [0.3, 0.4) is 0 Å². The van der Waals surface area contributed by atoms with Gasteiger partial charge in [0.05, 0.1) is 41.7 Å². The molecule has 10 nitrogen and oxygen atoms in total. The predicted molar refractivity (Wildman–Crippen MR) is 148 cm³/mol. The number of pyridine rings is 1. The third-order valence-corrected chi connectivity index (χ3v) is 7.49. The standard InChI is InChI=1S/C28H25N5O5S/c1-14-8-18(24-19(9-14)31-21(35-5)12-30-24)27-32-23-15(2)10-20-25(26(23)39-27)36-13-22(37-20)38-28(34)33(4)17-7-6-16(3)29-11-17/h6-12,22H,13H2,1-5H3/t22-/m1/s1. The quantitative estimate of drug-likeness (QED) is 0.286. The van der Waals surface area contributed by atoms with Crippen LogP contribution in [0.2, 0.25) is 0 Å². The zero-order valence-electron chi connectivity index (χ0n) is 22.0. The topological polar surface area (TPSA) is 109 Å². The number of benzene rings is 2. The lowest BCUT2D eigenvalue weighted by Gasteiger charge is -2.28. The Morgan fingerprint density at radius 3 is 2.69 bits per heavy atom. The Morgan fingerprint density at radius 2 is 1.92 bits per heavy atom. The molecule has 198 valence electrons. The summed E-state index contributed by atoms with van der Waals surface area (Å²) in [6.45, 7) is 5.90. The number of aromatic nitrogens is 4. The lowest BCUT2D eigenvalue weighted by Crippen LogP contribution is -2.38. The Bertz CT molecular complexity index is 1740. The molecule has 2 aromatic carbocycles. The monoisotopic (exact) mass is 543 g/mol.